The Balaban J connectivity index is 4.16. The van der Waals surface area contributed by atoms with Crippen LogP contribution in [0.4, 0.5) is 0 Å². The molecule has 13 heavy (non-hydrogen) atoms. The molecular formula is C7H19N3O2S. The van der Waals surface area contributed by atoms with E-state index >= 15 is 0 Å². The lowest BCUT2D eigenvalue weighted by atomic mass is 10.2. The highest BCUT2D eigenvalue weighted by molar-refractivity contribution is 7.87. The van der Waals surface area contributed by atoms with Gasteiger partial charge in [-0.1, -0.05) is 6.92 Å². The quantitative estimate of drug-likeness (QED) is 0.554. The third kappa shape index (κ3) is 5.98. The zero-order valence-corrected chi connectivity index (χ0v) is 9.19. The highest BCUT2D eigenvalue weighted by atomic mass is 32.2. The zero-order chi connectivity index (χ0) is 10.5. The van der Waals surface area contributed by atoms with Gasteiger partial charge in [0.1, 0.15) is 0 Å². The van der Waals surface area contributed by atoms with Crippen molar-refractivity contribution in [3.8, 4) is 0 Å². The summed E-state index contributed by atoms with van der Waals surface area (Å²) in [6.07, 6.45) is 0.690. The second-order valence-corrected chi connectivity index (χ2v) is 4.71. The van der Waals surface area contributed by atoms with Crippen LogP contribution >= 0.6 is 0 Å². The fourth-order valence-corrected chi connectivity index (χ4v) is 2.25. The summed E-state index contributed by atoms with van der Waals surface area (Å²) in [5.74, 6) is 0. The van der Waals surface area contributed by atoms with E-state index in [1.54, 1.807) is 13.8 Å². The van der Waals surface area contributed by atoms with Gasteiger partial charge >= 0.3 is 0 Å². The van der Waals surface area contributed by atoms with E-state index in [-0.39, 0.29) is 12.1 Å². The van der Waals surface area contributed by atoms with E-state index in [0.717, 1.165) is 0 Å². The molecule has 0 heterocycles. The molecule has 0 bridgehead atoms. The average molecular weight is 209 g/mol. The standard InChI is InChI=1S/C7H19N3O2S/c1-4-7(5-8)10-13(11,12)9-6(2)3/h6-7,9-10H,4-5,8H2,1-3H3. The van der Waals surface area contributed by atoms with Crippen LogP contribution in [0.25, 0.3) is 0 Å². The van der Waals surface area contributed by atoms with Crippen molar-refractivity contribution >= 4 is 10.2 Å². The van der Waals surface area contributed by atoms with Crippen LogP contribution < -0.4 is 15.2 Å². The summed E-state index contributed by atoms with van der Waals surface area (Å²) < 4.78 is 27.5. The Kier molecular flexibility index (Phi) is 5.46. The van der Waals surface area contributed by atoms with Crippen LogP contribution in [0.3, 0.4) is 0 Å². The van der Waals surface area contributed by atoms with Crippen LogP contribution in [0.15, 0.2) is 0 Å². The predicted molar refractivity (Wildman–Crippen MR) is 53.5 cm³/mol. The molecule has 0 rings (SSSR count). The van der Waals surface area contributed by atoms with E-state index in [9.17, 15) is 8.42 Å². The van der Waals surface area contributed by atoms with Gasteiger partial charge in [0.15, 0.2) is 0 Å². The van der Waals surface area contributed by atoms with E-state index in [0.29, 0.717) is 13.0 Å². The Morgan fingerprint density at radius 2 is 1.85 bits per heavy atom. The van der Waals surface area contributed by atoms with E-state index in [4.69, 9.17) is 5.73 Å². The van der Waals surface area contributed by atoms with Gasteiger partial charge in [-0.25, -0.2) is 0 Å². The third-order valence-electron chi connectivity index (χ3n) is 1.49. The van der Waals surface area contributed by atoms with Crippen molar-refractivity contribution in [1.29, 1.82) is 0 Å². The minimum atomic E-state index is -3.38. The van der Waals surface area contributed by atoms with Gasteiger partial charge in [-0.2, -0.15) is 17.9 Å². The van der Waals surface area contributed by atoms with E-state index in [1.165, 1.54) is 0 Å². The molecule has 0 aliphatic carbocycles. The first-order valence-electron chi connectivity index (χ1n) is 4.41. The average Bonchev–Trinajstić information content (AvgIpc) is 1.97. The largest absolute Gasteiger partial charge is 0.329 e. The maximum Gasteiger partial charge on any atom is 0.277 e. The summed E-state index contributed by atoms with van der Waals surface area (Å²) in [6.45, 7) is 5.73. The lowest BCUT2D eigenvalue weighted by Crippen LogP contribution is -2.47. The van der Waals surface area contributed by atoms with Crippen molar-refractivity contribution in [2.75, 3.05) is 6.54 Å². The maximum atomic E-state index is 11.3. The van der Waals surface area contributed by atoms with Crippen molar-refractivity contribution in [1.82, 2.24) is 9.44 Å². The topological polar surface area (TPSA) is 84.2 Å². The maximum absolute atomic E-state index is 11.3. The molecule has 4 N–H and O–H groups in total. The molecule has 80 valence electrons. The second kappa shape index (κ2) is 5.54. The molecule has 0 aliphatic rings. The first kappa shape index (κ1) is 12.8. The van der Waals surface area contributed by atoms with Crippen molar-refractivity contribution in [3.05, 3.63) is 0 Å². The van der Waals surface area contributed by atoms with Gasteiger partial charge in [0, 0.05) is 18.6 Å². The Morgan fingerprint density at radius 1 is 1.31 bits per heavy atom. The molecule has 0 spiro atoms. The van der Waals surface area contributed by atoms with E-state index in [2.05, 4.69) is 9.44 Å². The fraction of sp³-hybridized carbons (Fsp3) is 1.00. The van der Waals surface area contributed by atoms with E-state index in [1.807, 2.05) is 6.92 Å². The number of rotatable bonds is 6. The Labute approximate surface area is 80.3 Å². The van der Waals surface area contributed by atoms with Crippen LogP contribution in [-0.2, 0) is 10.2 Å². The Bertz CT molecular complexity index is 222. The Morgan fingerprint density at radius 3 is 2.15 bits per heavy atom. The molecule has 0 aromatic carbocycles. The molecule has 0 fully saturated rings. The number of hydrogen-bond donors (Lipinski definition) is 3. The van der Waals surface area contributed by atoms with Crippen LogP contribution in [0.5, 0.6) is 0 Å². The first-order chi connectivity index (χ1) is 5.91. The molecule has 0 saturated heterocycles. The molecule has 0 aromatic heterocycles. The molecule has 1 unspecified atom stereocenters. The number of hydrogen-bond acceptors (Lipinski definition) is 3. The van der Waals surface area contributed by atoms with Gasteiger partial charge < -0.3 is 5.73 Å². The third-order valence-corrected chi connectivity index (χ3v) is 2.92. The highest BCUT2D eigenvalue weighted by Crippen LogP contribution is 1.91. The molecule has 0 aromatic rings. The summed E-state index contributed by atoms with van der Waals surface area (Å²) >= 11 is 0. The highest BCUT2D eigenvalue weighted by Gasteiger charge is 2.15. The molecule has 0 radical (unpaired) electrons. The summed E-state index contributed by atoms with van der Waals surface area (Å²) in [4.78, 5) is 0. The first-order valence-corrected chi connectivity index (χ1v) is 5.89. The minimum absolute atomic E-state index is 0.104. The van der Waals surface area contributed by atoms with Gasteiger partial charge in [-0.05, 0) is 20.3 Å². The normalized spacial score (nSPS) is 14.8. The number of nitrogens with one attached hydrogen (secondary N) is 2. The monoisotopic (exact) mass is 209 g/mol. The lowest BCUT2D eigenvalue weighted by molar-refractivity contribution is 0.523. The molecule has 6 heteroatoms. The van der Waals surface area contributed by atoms with Gasteiger partial charge in [0.25, 0.3) is 10.2 Å². The fourth-order valence-electron chi connectivity index (χ4n) is 0.862. The van der Waals surface area contributed by atoms with Gasteiger partial charge in [0.05, 0.1) is 0 Å². The van der Waals surface area contributed by atoms with Gasteiger partial charge in [0.2, 0.25) is 0 Å². The van der Waals surface area contributed by atoms with Crippen LogP contribution in [0, 0.1) is 0 Å². The molecule has 0 aliphatic heterocycles. The van der Waals surface area contributed by atoms with E-state index < -0.39 is 10.2 Å². The molecular weight excluding hydrogens is 190 g/mol. The van der Waals surface area contributed by atoms with Crippen molar-refractivity contribution in [2.45, 2.75) is 39.3 Å². The van der Waals surface area contributed by atoms with Gasteiger partial charge in [-0.3, -0.25) is 0 Å². The zero-order valence-electron chi connectivity index (χ0n) is 8.37. The SMILES string of the molecule is CCC(CN)NS(=O)(=O)NC(C)C. The second-order valence-electron chi connectivity index (χ2n) is 3.23. The summed E-state index contributed by atoms with van der Waals surface area (Å²) in [5, 5.41) is 0. The van der Waals surface area contributed by atoms with Crippen molar-refractivity contribution in [3.63, 3.8) is 0 Å². The summed E-state index contributed by atoms with van der Waals surface area (Å²) in [5.41, 5.74) is 5.37. The molecule has 0 saturated carbocycles. The molecule has 5 nitrogen and oxygen atoms in total. The summed E-state index contributed by atoms with van der Waals surface area (Å²) in [6, 6.07) is -0.288. The molecule has 0 amide bonds. The smallest absolute Gasteiger partial charge is 0.277 e. The number of nitrogens with two attached hydrogens (primary N) is 1. The van der Waals surface area contributed by atoms with Crippen LogP contribution in [0.2, 0.25) is 0 Å². The minimum Gasteiger partial charge on any atom is -0.329 e. The van der Waals surface area contributed by atoms with Crippen molar-refractivity contribution in [2.24, 2.45) is 5.73 Å². The van der Waals surface area contributed by atoms with Crippen LogP contribution in [-0.4, -0.2) is 27.0 Å². The summed E-state index contributed by atoms with van der Waals surface area (Å²) in [7, 11) is -3.38. The Hall–Kier alpha value is -0.170. The molecule has 1 atom stereocenters. The lowest BCUT2D eigenvalue weighted by Gasteiger charge is -2.16. The van der Waals surface area contributed by atoms with Crippen LogP contribution in [0.1, 0.15) is 27.2 Å². The predicted octanol–water partition coefficient (Wildman–Crippen LogP) is -0.444. The van der Waals surface area contributed by atoms with Crippen molar-refractivity contribution < 1.29 is 8.42 Å². The van der Waals surface area contributed by atoms with Gasteiger partial charge in [-0.15, -0.1) is 0 Å².